The summed E-state index contributed by atoms with van der Waals surface area (Å²) >= 11 is 0. The molecule has 0 amide bonds. The van der Waals surface area contributed by atoms with Crippen LogP contribution in [0.2, 0.25) is 0 Å². The molecule has 5 aromatic rings. The number of hydrogen-bond donors (Lipinski definition) is 5. The van der Waals surface area contributed by atoms with Crippen LogP contribution in [0.4, 0.5) is 10.1 Å². The van der Waals surface area contributed by atoms with E-state index >= 15 is 4.39 Å². The van der Waals surface area contributed by atoms with E-state index < -0.39 is 51.2 Å². The number of nitrogens with zero attached hydrogens (tertiary/aromatic N) is 3. The zero-order chi connectivity index (χ0) is 33.6. The first-order valence-electron chi connectivity index (χ1n) is 14.7. The summed E-state index contributed by atoms with van der Waals surface area (Å²) in [5.74, 6) is -4.15. The maximum absolute atomic E-state index is 15.2. The number of ether oxygens (including phenoxy) is 1. The quantitative estimate of drug-likeness (QED) is 0.154. The number of phenolic OH excluding ortho intramolecular Hbond substituents is 3. The Kier molecular flexibility index (Phi) is 8.11. The number of carboxylic acid groups (broad SMARTS) is 1. The Bertz CT molecular complexity index is 2170. The number of rotatable bonds is 8. The van der Waals surface area contributed by atoms with Crippen molar-refractivity contribution in [3.8, 4) is 40.1 Å². The van der Waals surface area contributed by atoms with Crippen LogP contribution in [0, 0.1) is 5.82 Å². The van der Waals surface area contributed by atoms with Gasteiger partial charge in [0.05, 0.1) is 11.2 Å². The molecule has 1 fully saturated rings. The number of aryl methyl sites for hydroxylation is 1. The number of fused-ring (bicyclic) bond motifs is 2. The first kappa shape index (κ1) is 31.2. The Morgan fingerprint density at radius 1 is 0.936 bits per heavy atom. The van der Waals surface area contributed by atoms with Crippen molar-refractivity contribution in [3.63, 3.8) is 0 Å². The first-order chi connectivity index (χ1) is 22.5. The second kappa shape index (κ2) is 12.2. The number of aromatic nitrogens is 1. The van der Waals surface area contributed by atoms with Gasteiger partial charge in [0, 0.05) is 68.5 Å². The van der Waals surface area contributed by atoms with Gasteiger partial charge in [-0.2, -0.15) is 0 Å². The zero-order valence-corrected chi connectivity index (χ0v) is 25.1. The molecule has 13 nitrogen and oxygen atoms in total. The fourth-order valence-electron chi connectivity index (χ4n) is 5.77. The standard InChI is InChI=1S/C33H30FN3O10/c1-2-36-16-20(33(44)45)29(41)19-14-21(34)23(15-22(19)36)37-7-5-35(6-8-37)9-10-46-18-12-26(40)28-27(13-18)47-32(31(43)30(28)42)17-3-4-24(38)25(39)11-17/h3-4,11-16,38-40,43H,2,5-10H2,1H3,(H,44,45). The molecule has 0 saturated carbocycles. The molecule has 244 valence electrons. The van der Waals surface area contributed by atoms with E-state index in [1.165, 1.54) is 30.5 Å². The second-order valence-corrected chi connectivity index (χ2v) is 11.1. The van der Waals surface area contributed by atoms with E-state index in [1.807, 2.05) is 4.90 Å². The Labute approximate surface area is 265 Å². The highest BCUT2D eigenvalue weighted by atomic mass is 19.1. The second-order valence-electron chi connectivity index (χ2n) is 11.1. The van der Waals surface area contributed by atoms with E-state index in [4.69, 9.17) is 9.15 Å². The third-order valence-corrected chi connectivity index (χ3v) is 8.27. The molecule has 1 aliphatic rings. The maximum atomic E-state index is 15.2. The summed E-state index contributed by atoms with van der Waals surface area (Å²) < 4.78 is 28.4. The van der Waals surface area contributed by atoms with Crippen LogP contribution in [0.25, 0.3) is 33.2 Å². The summed E-state index contributed by atoms with van der Waals surface area (Å²) in [5, 5.41) is 49.6. The Balaban J connectivity index is 1.14. The third-order valence-electron chi connectivity index (χ3n) is 8.27. The Morgan fingerprint density at radius 3 is 2.36 bits per heavy atom. The van der Waals surface area contributed by atoms with Crippen molar-refractivity contribution in [2.45, 2.75) is 13.5 Å². The zero-order valence-electron chi connectivity index (χ0n) is 25.1. The topological polar surface area (TPSA) is 186 Å². The highest BCUT2D eigenvalue weighted by molar-refractivity contribution is 5.93. The average Bonchev–Trinajstić information content (AvgIpc) is 3.04. The van der Waals surface area contributed by atoms with Crippen LogP contribution in [0.15, 0.2) is 62.7 Å². The highest BCUT2D eigenvalue weighted by Crippen LogP contribution is 2.38. The number of pyridine rings is 1. The van der Waals surface area contributed by atoms with Gasteiger partial charge in [0.25, 0.3) is 0 Å². The van der Waals surface area contributed by atoms with E-state index in [0.717, 1.165) is 12.1 Å². The molecule has 0 unspecified atom stereocenters. The van der Waals surface area contributed by atoms with Crippen molar-refractivity contribution in [2.75, 3.05) is 44.2 Å². The molecular weight excluding hydrogens is 617 g/mol. The number of aromatic carboxylic acids is 1. The minimum Gasteiger partial charge on any atom is -0.507 e. The maximum Gasteiger partial charge on any atom is 0.341 e. The lowest BCUT2D eigenvalue weighted by atomic mass is 10.1. The van der Waals surface area contributed by atoms with Crippen LogP contribution in [0.3, 0.4) is 0 Å². The number of piperazine rings is 1. The lowest BCUT2D eigenvalue weighted by Crippen LogP contribution is -2.47. The fourth-order valence-corrected chi connectivity index (χ4v) is 5.77. The normalized spacial score (nSPS) is 13.8. The number of carbonyl (C=O) groups is 1. The lowest BCUT2D eigenvalue weighted by Gasteiger charge is -2.36. The van der Waals surface area contributed by atoms with Gasteiger partial charge in [-0.05, 0) is 37.3 Å². The summed E-state index contributed by atoms with van der Waals surface area (Å²) in [6.07, 6.45) is 1.28. The van der Waals surface area contributed by atoms with E-state index in [-0.39, 0.29) is 40.0 Å². The predicted octanol–water partition coefficient (Wildman–Crippen LogP) is 3.66. The van der Waals surface area contributed by atoms with E-state index in [2.05, 4.69) is 4.90 Å². The van der Waals surface area contributed by atoms with Crippen molar-refractivity contribution in [2.24, 2.45) is 0 Å². The van der Waals surface area contributed by atoms with Gasteiger partial charge in [0.15, 0.2) is 17.3 Å². The van der Waals surface area contributed by atoms with Gasteiger partial charge in [-0.15, -0.1) is 0 Å². The fraction of sp³-hybridized carbons (Fsp3) is 0.242. The van der Waals surface area contributed by atoms with Gasteiger partial charge >= 0.3 is 5.97 Å². The van der Waals surface area contributed by atoms with Crippen LogP contribution in [-0.2, 0) is 6.54 Å². The number of hydrogen-bond acceptors (Lipinski definition) is 11. The number of carboxylic acids is 1. The number of aromatic hydroxyl groups is 4. The molecule has 0 bridgehead atoms. The predicted molar refractivity (Wildman–Crippen MR) is 170 cm³/mol. The van der Waals surface area contributed by atoms with Gasteiger partial charge in [-0.1, -0.05) is 0 Å². The molecule has 3 heterocycles. The van der Waals surface area contributed by atoms with E-state index in [0.29, 0.717) is 50.5 Å². The molecule has 0 spiro atoms. The molecular formula is C33H30FN3O10. The highest BCUT2D eigenvalue weighted by Gasteiger charge is 2.23. The SMILES string of the molecule is CCn1cc(C(=O)O)c(=O)c2cc(F)c(N3CCN(CCOc4cc(O)c5c(=O)c(O)c(-c6ccc(O)c(O)c6)oc5c4)CC3)cc21. The summed E-state index contributed by atoms with van der Waals surface area (Å²) in [6.45, 7) is 4.98. The molecule has 2 aromatic heterocycles. The summed E-state index contributed by atoms with van der Waals surface area (Å²) in [4.78, 5) is 41.0. The summed E-state index contributed by atoms with van der Waals surface area (Å²) in [7, 11) is 0. The summed E-state index contributed by atoms with van der Waals surface area (Å²) in [6, 6.07) is 8.95. The summed E-state index contributed by atoms with van der Waals surface area (Å²) in [5.41, 5.74) is -1.20. The van der Waals surface area contributed by atoms with Gasteiger partial charge in [-0.3, -0.25) is 14.5 Å². The van der Waals surface area contributed by atoms with Crippen LogP contribution in [-0.4, -0.2) is 80.3 Å². The lowest BCUT2D eigenvalue weighted by molar-refractivity contribution is 0.0694. The van der Waals surface area contributed by atoms with Crippen LogP contribution in [0.1, 0.15) is 17.3 Å². The van der Waals surface area contributed by atoms with Crippen LogP contribution >= 0.6 is 0 Å². The molecule has 14 heteroatoms. The Morgan fingerprint density at radius 2 is 1.68 bits per heavy atom. The number of anilines is 1. The molecule has 0 radical (unpaired) electrons. The molecule has 0 aliphatic carbocycles. The third kappa shape index (κ3) is 5.74. The van der Waals surface area contributed by atoms with Crippen LogP contribution in [0.5, 0.6) is 28.7 Å². The first-order valence-corrected chi connectivity index (χ1v) is 14.7. The molecule has 1 saturated heterocycles. The number of halogens is 1. The van der Waals surface area contributed by atoms with Gasteiger partial charge in [-0.25, -0.2) is 9.18 Å². The number of benzene rings is 3. The van der Waals surface area contributed by atoms with Crippen molar-refractivity contribution >= 4 is 33.5 Å². The molecule has 1 aliphatic heterocycles. The van der Waals surface area contributed by atoms with Gasteiger partial charge in [0.1, 0.15) is 40.5 Å². The minimum absolute atomic E-state index is 0.00969. The van der Waals surface area contributed by atoms with Crippen molar-refractivity contribution in [3.05, 3.63) is 80.5 Å². The van der Waals surface area contributed by atoms with E-state index in [1.54, 1.807) is 17.6 Å². The van der Waals surface area contributed by atoms with Crippen LogP contribution < -0.4 is 20.5 Å². The smallest absolute Gasteiger partial charge is 0.341 e. The van der Waals surface area contributed by atoms with E-state index in [9.17, 15) is 39.9 Å². The van der Waals surface area contributed by atoms with Crippen molar-refractivity contribution in [1.82, 2.24) is 9.47 Å². The van der Waals surface area contributed by atoms with Crippen molar-refractivity contribution in [1.29, 1.82) is 0 Å². The average molecular weight is 648 g/mol. The Hall–Kier alpha value is -5.76. The number of phenols is 3. The molecule has 47 heavy (non-hydrogen) atoms. The minimum atomic E-state index is -1.37. The van der Waals surface area contributed by atoms with Crippen molar-refractivity contribution < 1.29 is 43.9 Å². The van der Waals surface area contributed by atoms with Gasteiger partial charge < -0.3 is 44.2 Å². The monoisotopic (exact) mass is 647 g/mol. The molecule has 3 aromatic carbocycles. The van der Waals surface area contributed by atoms with Gasteiger partial charge in [0.2, 0.25) is 16.6 Å². The molecule has 6 rings (SSSR count). The largest absolute Gasteiger partial charge is 0.507 e. The molecule has 5 N–H and O–H groups in total. The molecule has 0 atom stereocenters.